The molecule has 0 atom stereocenters. The van der Waals surface area contributed by atoms with Crippen molar-refractivity contribution >= 4 is 17.3 Å². The molecule has 0 aliphatic carbocycles. The summed E-state index contributed by atoms with van der Waals surface area (Å²) in [6, 6.07) is 6.78. The van der Waals surface area contributed by atoms with Crippen LogP contribution in [0.15, 0.2) is 18.2 Å². The fourth-order valence-electron chi connectivity index (χ4n) is 3.84. The number of amides is 1. The van der Waals surface area contributed by atoms with E-state index in [0.29, 0.717) is 5.91 Å². The van der Waals surface area contributed by atoms with Crippen molar-refractivity contribution in [3.8, 4) is 0 Å². The van der Waals surface area contributed by atoms with Crippen LogP contribution in [0, 0.1) is 12.8 Å². The lowest BCUT2D eigenvalue weighted by molar-refractivity contribution is -0.136. The van der Waals surface area contributed by atoms with E-state index in [4.69, 9.17) is 0 Å². The number of aryl methyl sites for hydroxylation is 1. The minimum Gasteiger partial charge on any atom is -0.372 e. The van der Waals surface area contributed by atoms with Crippen molar-refractivity contribution in [3.63, 3.8) is 0 Å². The predicted octanol–water partition coefficient (Wildman–Crippen LogP) is 3.93. The average molecular weight is 346 g/mol. The molecule has 0 N–H and O–H groups in total. The van der Waals surface area contributed by atoms with Crippen LogP contribution in [0.25, 0.3) is 0 Å². The molecule has 140 valence electrons. The molecule has 0 spiro atoms. The van der Waals surface area contributed by atoms with E-state index < -0.39 is 0 Å². The molecule has 1 aliphatic rings. The monoisotopic (exact) mass is 345 g/mol. The summed E-state index contributed by atoms with van der Waals surface area (Å²) in [7, 11) is 0. The van der Waals surface area contributed by atoms with Crippen molar-refractivity contribution in [1.29, 1.82) is 0 Å². The van der Waals surface area contributed by atoms with Gasteiger partial charge in [0.2, 0.25) is 5.91 Å². The Bertz CT molecular complexity index is 556. The quantitative estimate of drug-likeness (QED) is 0.749. The number of nitrogens with zero attached hydrogens (tertiary/aromatic N) is 3. The van der Waals surface area contributed by atoms with Gasteiger partial charge < -0.3 is 14.7 Å². The summed E-state index contributed by atoms with van der Waals surface area (Å²) < 4.78 is 0. The van der Waals surface area contributed by atoms with E-state index >= 15 is 0 Å². The molecule has 0 bridgehead atoms. The Morgan fingerprint density at radius 3 is 2.12 bits per heavy atom. The van der Waals surface area contributed by atoms with Gasteiger partial charge >= 0.3 is 0 Å². The van der Waals surface area contributed by atoms with Crippen LogP contribution in [-0.2, 0) is 4.79 Å². The highest BCUT2D eigenvalue weighted by Gasteiger charge is 2.26. The van der Waals surface area contributed by atoms with Gasteiger partial charge in [-0.05, 0) is 57.4 Å². The number of anilines is 2. The highest BCUT2D eigenvalue weighted by molar-refractivity contribution is 5.79. The molecule has 0 unspecified atom stereocenters. The maximum Gasteiger partial charge on any atom is 0.225 e. The largest absolute Gasteiger partial charge is 0.372 e. The van der Waals surface area contributed by atoms with E-state index in [9.17, 15) is 4.79 Å². The van der Waals surface area contributed by atoms with Crippen molar-refractivity contribution in [2.75, 3.05) is 49.1 Å². The number of benzene rings is 1. The maximum atomic E-state index is 12.6. The molecule has 1 aromatic carbocycles. The second-order valence-electron chi connectivity index (χ2n) is 6.97. The number of rotatable bonds is 7. The zero-order valence-electron chi connectivity index (χ0n) is 16.7. The van der Waals surface area contributed by atoms with Crippen molar-refractivity contribution in [2.24, 2.45) is 5.92 Å². The van der Waals surface area contributed by atoms with Gasteiger partial charge in [-0.15, -0.1) is 0 Å². The van der Waals surface area contributed by atoms with Crippen LogP contribution < -0.4 is 9.80 Å². The molecule has 1 fully saturated rings. The molecular weight excluding hydrogens is 310 g/mol. The van der Waals surface area contributed by atoms with Crippen molar-refractivity contribution in [2.45, 2.75) is 47.5 Å². The third-order valence-corrected chi connectivity index (χ3v) is 5.58. The highest BCUT2D eigenvalue weighted by atomic mass is 16.2. The Labute approximate surface area is 153 Å². The van der Waals surface area contributed by atoms with E-state index in [1.807, 2.05) is 0 Å². The minimum atomic E-state index is 0.196. The van der Waals surface area contributed by atoms with E-state index in [-0.39, 0.29) is 5.92 Å². The molecule has 1 heterocycles. The number of carbonyl (C=O) groups is 1. The van der Waals surface area contributed by atoms with Crippen LogP contribution in [0.3, 0.4) is 0 Å². The number of hydrogen-bond acceptors (Lipinski definition) is 3. The van der Waals surface area contributed by atoms with Crippen molar-refractivity contribution < 1.29 is 4.79 Å². The van der Waals surface area contributed by atoms with Crippen molar-refractivity contribution in [3.05, 3.63) is 23.8 Å². The van der Waals surface area contributed by atoms with Gasteiger partial charge in [0.05, 0.1) is 0 Å². The number of hydrogen-bond donors (Lipinski definition) is 0. The molecule has 1 aliphatic heterocycles. The van der Waals surface area contributed by atoms with Crippen LogP contribution >= 0.6 is 0 Å². The Morgan fingerprint density at radius 2 is 1.64 bits per heavy atom. The lowest BCUT2D eigenvalue weighted by atomic mass is 10.0. The van der Waals surface area contributed by atoms with Gasteiger partial charge in [0.25, 0.3) is 0 Å². The average Bonchev–Trinajstić information content (AvgIpc) is 2.64. The smallest absolute Gasteiger partial charge is 0.225 e. The molecule has 0 saturated carbocycles. The van der Waals surface area contributed by atoms with E-state index in [1.165, 1.54) is 16.9 Å². The predicted molar refractivity (Wildman–Crippen MR) is 108 cm³/mol. The summed E-state index contributed by atoms with van der Waals surface area (Å²) in [5, 5.41) is 0. The van der Waals surface area contributed by atoms with Crippen LogP contribution in [-0.4, -0.2) is 50.1 Å². The first-order valence-corrected chi connectivity index (χ1v) is 9.94. The SMILES string of the molecule is CCC(CC)C(=O)N1CCN(c2ccc(N(CC)CC)cc2C)CC1. The number of piperazine rings is 1. The number of carbonyl (C=O) groups excluding carboxylic acids is 1. The molecule has 0 aromatic heterocycles. The minimum absolute atomic E-state index is 0.196. The summed E-state index contributed by atoms with van der Waals surface area (Å²) in [5.41, 5.74) is 3.93. The lowest BCUT2D eigenvalue weighted by Crippen LogP contribution is -2.50. The van der Waals surface area contributed by atoms with E-state index in [1.54, 1.807) is 0 Å². The van der Waals surface area contributed by atoms with Crippen LogP contribution in [0.2, 0.25) is 0 Å². The van der Waals surface area contributed by atoms with Gasteiger partial charge in [-0.1, -0.05) is 13.8 Å². The Hall–Kier alpha value is -1.71. The zero-order chi connectivity index (χ0) is 18.4. The van der Waals surface area contributed by atoms with E-state index in [0.717, 1.165) is 52.1 Å². The molecule has 1 amide bonds. The first kappa shape index (κ1) is 19.6. The van der Waals surface area contributed by atoms with Gasteiger partial charge in [0.15, 0.2) is 0 Å². The summed E-state index contributed by atoms with van der Waals surface area (Å²) in [4.78, 5) is 19.4. The molecule has 4 heteroatoms. The summed E-state index contributed by atoms with van der Waals surface area (Å²) in [5.74, 6) is 0.542. The van der Waals surface area contributed by atoms with Crippen LogP contribution in [0.4, 0.5) is 11.4 Å². The maximum absolute atomic E-state index is 12.6. The normalized spacial score (nSPS) is 15.0. The first-order valence-electron chi connectivity index (χ1n) is 9.94. The Balaban J connectivity index is 2.02. The molecule has 1 aromatic rings. The van der Waals surface area contributed by atoms with Gasteiger partial charge in [-0.3, -0.25) is 4.79 Å². The summed E-state index contributed by atoms with van der Waals surface area (Å²) in [6.07, 6.45) is 1.89. The first-order chi connectivity index (χ1) is 12.0. The lowest BCUT2D eigenvalue weighted by Gasteiger charge is -2.38. The van der Waals surface area contributed by atoms with Gasteiger partial charge in [0.1, 0.15) is 0 Å². The standard InChI is InChI=1S/C21H35N3O/c1-6-18(7-2)21(25)24-14-12-23(13-15-24)20-11-10-19(16-17(20)5)22(8-3)9-4/h10-11,16,18H,6-9,12-15H2,1-5H3. The third kappa shape index (κ3) is 4.47. The second kappa shape index (κ2) is 9.12. The molecular formula is C21H35N3O. The summed E-state index contributed by atoms with van der Waals surface area (Å²) in [6.45, 7) is 16.4. The molecule has 2 rings (SSSR count). The zero-order valence-corrected chi connectivity index (χ0v) is 16.7. The second-order valence-corrected chi connectivity index (χ2v) is 6.97. The molecule has 4 nitrogen and oxygen atoms in total. The third-order valence-electron chi connectivity index (χ3n) is 5.58. The molecule has 0 radical (unpaired) electrons. The van der Waals surface area contributed by atoms with Gasteiger partial charge in [-0.25, -0.2) is 0 Å². The Kier molecular flexibility index (Phi) is 7.15. The van der Waals surface area contributed by atoms with E-state index in [2.05, 4.69) is 67.5 Å². The molecule has 1 saturated heterocycles. The Morgan fingerprint density at radius 1 is 1.04 bits per heavy atom. The molecule has 25 heavy (non-hydrogen) atoms. The highest BCUT2D eigenvalue weighted by Crippen LogP contribution is 2.27. The van der Waals surface area contributed by atoms with Gasteiger partial charge in [0, 0.05) is 56.6 Å². The van der Waals surface area contributed by atoms with Crippen molar-refractivity contribution in [1.82, 2.24) is 4.90 Å². The fraction of sp³-hybridized carbons (Fsp3) is 0.667. The van der Waals surface area contributed by atoms with Crippen LogP contribution in [0.5, 0.6) is 0 Å². The summed E-state index contributed by atoms with van der Waals surface area (Å²) >= 11 is 0. The fourth-order valence-corrected chi connectivity index (χ4v) is 3.84. The topological polar surface area (TPSA) is 26.8 Å². The van der Waals surface area contributed by atoms with Gasteiger partial charge in [-0.2, -0.15) is 0 Å². The van der Waals surface area contributed by atoms with Crippen LogP contribution in [0.1, 0.15) is 46.1 Å².